The van der Waals surface area contributed by atoms with Crippen molar-refractivity contribution >= 4 is 5.82 Å². The Morgan fingerprint density at radius 1 is 1.10 bits per heavy atom. The average Bonchev–Trinajstić information content (AvgIpc) is 2.93. The first-order chi connectivity index (χ1) is 9.80. The molecule has 0 unspecified atom stereocenters. The second-order valence-corrected chi connectivity index (χ2v) is 6.41. The molecule has 0 bridgehead atoms. The molecule has 0 atom stereocenters. The van der Waals surface area contributed by atoms with Crippen LogP contribution >= 0.6 is 0 Å². The van der Waals surface area contributed by atoms with Gasteiger partial charge in [0.1, 0.15) is 5.82 Å². The maximum absolute atomic E-state index is 4.51. The van der Waals surface area contributed by atoms with Gasteiger partial charge in [0.25, 0.3) is 0 Å². The number of nitrogens with one attached hydrogen (secondary N) is 1. The first-order valence-electron chi connectivity index (χ1n) is 8.07. The highest BCUT2D eigenvalue weighted by Crippen LogP contribution is 2.46. The van der Waals surface area contributed by atoms with E-state index in [0.29, 0.717) is 5.41 Å². The normalized spacial score (nSPS) is 22.2. The summed E-state index contributed by atoms with van der Waals surface area (Å²) in [6, 6.07) is 0. The van der Waals surface area contributed by atoms with Gasteiger partial charge in [0.2, 0.25) is 0 Å². The van der Waals surface area contributed by atoms with E-state index >= 15 is 0 Å². The van der Waals surface area contributed by atoms with E-state index in [-0.39, 0.29) is 0 Å². The molecule has 1 aliphatic heterocycles. The summed E-state index contributed by atoms with van der Waals surface area (Å²) in [6.07, 6.45) is 12.4. The van der Waals surface area contributed by atoms with Crippen LogP contribution in [0.1, 0.15) is 51.1 Å². The van der Waals surface area contributed by atoms with Gasteiger partial charge in [0.05, 0.1) is 18.1 Å². The molecule has 1 saturated carbocycles. The fraction of sp³-hybridized carbons (Fsp3) is 0.750. The molecule has 0 radical (unpaired) electrons. The number of piperidine rings is 1. The van der Waals surface area contributed by atoms with Gasteiger partial charge in [-0.15, -0.1) is 0 Å². The van der Waals surface area contributed by atoms with Crippen LogP contribution < -0.4 is 5.32 Å². The lowest BCUT2D eigenvalue weighted by molar-refractivity contribution is 0.102. The van der Waals surface area contributed by atoms with Crippen molar-refractivity contribution in [2.24, 2.45) is 5.41 Å². The van der Waals surface area contributed by atoms with Crippen molar-refractivity contribution in [3.8, 4) is 0 Å². The Kier molecular flexibility index (Phi) is 4.20. The van der Waals surface area contributed by atoms with Gasteiger partial charge in [-0.3, -0.25) is 9.88 Å². The minimum absolute atomic E-state index is 0.705. The summed E-state index contributed by atoms with van der Waals surface area (Å²) in [7, 11) is 0. The molecule has 1 aromatic heterocycles. The summed E-state index contributed by atoms with van der Waals surface area (Å²) in [5.74, 6) is 0.875. The molecule has 1 N–H and O–H groups in total. The molecule has 1 saturated heterocycles. The molecule has 2 aliphatic rings. The van der Waals surface area contributed by atoms with E-state index < -0.39 is 0 Å². The van der Waals surface area contributed by atoms with Gasteiger partial charge in [-0.25, -0.2) is 4.98 Å². The molecular weight excluding hydrogens is 248 g/mol. The fourth-order valence-electron chi connectivity index (χ4n) is 3.75. The molecule has 110 valence electrons. The van der Waals surface area contributed by atoms with Crippen molar-refractivity contribution < 1.29 is 0 Å². The summed E-state index contributed by atoms with van der Waals surface area (Å²) in [5.41, 5.74) is 1.80. The third-order valence-corrected chi connectivity index (χ3v) is 5.03. The van der Waals surface area contributed by atoms with E-state index in [2.05, 4.69) is 27.1 Å². The Hall–Kier alpha value is -1.16. The third kappa shape index (κ3) is 3.11. The van der Waals surface area contributed by atoms with Crippen LogP contribution in [0.15, 0.2) is 12.4 Å². The highest BCUT2D eigenvalue weighted by Gasteiger charge is 2.36. The number of hydrogen-bond donors (Lipinski definition) is 1. The first kappa shape index (κ1) is 13.8. The van der Waals surface area contributed by atoms with Gasteiger partial charge < -0.3 is 5.32 Å². The maximum Gasteiger partial charge on any atom is 0.144 e. The quantitative estimate of drug-likeness (QED) is 0.916. The van der Waals surface area contributed by atoms with Crippen LogP contribution in [0.4, 0.5) is 5.82 Å². The molecule has 0 amide bonds. The van der Waals surface area contributed by atoms with Crippen LogP contribution in [0.3, 0.4) is 0 Å². The highest BCUT2D eigenvalue weighted by molar-refractivity contribution is 5.30. The molecule has 2 fully saturated rings. The number of anilines is 1. The SMILES string of the molecule is CCNc1cnc(CN2CCC3(CCCC3)CC2)cn1. The topological polar surface area (TPSA) is 41.1 Å². The first-order valence-corrected chi connectivity index (χ1v) is 8.07. The molecule has 1 aromatic rings. The lowest BCUT2D eigenvalue weighted by Gasteiger charge is -2.39. The largest absolute Gasteiger partial charge is 0.369 e. The molecule has 20 heavy (non-hydrogen) atoms. The number of likely N-dealkylation sites (tertiary alicyclic amines) is 1. The molecular formula is C16H26N4. The highest BCUT2D eigenvalue weighted by atomic mass is 15.1. The van der Waals surface area contributed by atoms with Crippen LogP contribution in [0.25, 0.3) is 0 Å². The van der Waals surface area contributed by atoms with E-state index in [1.807, 2.05) is 12.4 Å². The molecule has 3 rings (SSSR count). The van der Waals surface area contributed by atoms with E-state index in [1.54, 1.807) is 0 Å². The lowest BCUT2D eigenvalue weighted by atomic mass is 9.77. The number of nitrogens with zero attached hydrogens (tertiary/aromatic N) is 3. The third-order valence-electron chi connectivity index (χ3n) is 5.03. The Morgan fingerprint density at radius 2 is 1.85 bits per heavy atom. The van der Waals surface area contributed by atoms with Gasteiger partial charge in [0, 0.05) is 13.1 Å². The second-order valence-electron chi connectivity index (χ2n) is 6.41. The van der Waals surface area contributed by atoms with Crippen molar-refractivity contribution in [2.45, 2.75) is 52.0 Å². The zero-order valence-corrected chi connectivity index (χ0v) is 12.6. The molecule has 1 spiro atoms. The summed E-state index contributed by atoms with van der Waals surface area (Å²) in [5, 5.41) is 3.18. The monoisotopic (exact) mass is 274 g/mol. The van der Waals surface area contributed by atoms with E-state index in [1.165, 1.54) is 51.6 Å². The molecule has 0 aromatic carbocycles. The Labute approximate surface area is 122 Å². The Morgan fingerprint density at radius 3 is 2.45 bits per heavy atom. The van der Waals surface area contributed by atoms with Gasteiger partial charge in [-0.1, -0.05) is 12.8 Å². The zero-order valence-electron chi connectivity index (χ0n) is 12.6. The summed E-state index contributed by atoms with van der Waals surface area (Å²) in [4.78, 5) is 11.5. The molecule has 4 heteroatoms. The standard InChI is InChI=1S/C16H26N4/c1-2-17-15-12-18-14(11-19-15)13-20-9-7-16(8-10-20)5-3-4-6-16/h11-12H,2-10,13H2,1H3,(H,17,19). The van der Waals surface area contributed by atoms with Gasteiger partial charge >= 0.3 is 0 Å². The van der Waals surface area contributed by atoms with E-state index in [9.17, 15) is 0 Å². The van der Waals surface area contributed by atoms with Crippen LogP contribution in [0.2, 0.25) is 0 Å². The van der Waals surface area contributed by atoms with Crippen LogP contribution in [-0.4, -0.2) is 34.5 Å². The van der Waals surface area contributed by atoms with E-state index in [0.717, 1.165) is 24.6 Å². The van der Waals surface area contributed by atoms with Gasteiger partial charge in [-0.2, -0.15) is 0 Å². The summed E-state index contributed by atoms with van der Waals surface area (Å²) in [6.45, 7) is 6.38. The zero-order chi connectivity index (χ0) is 13.8. The predicted molar refractivity (Wildman–Crippen MR) is 81.6 cm³/mol. The summed E-state index contributed by atoms with van der Waals surface area (Å²) < 4.78 is 0. The van der Waals surface area contributed by atoms with Crippen LogP contribution in [0, 0.1) is 5.41 Å². The van der Waals surface area contributed by atoms with E-state index in [4.69, 9.17) is 0 Å². The number of rotatable bonds is 4. The maximum atomic E-state index is 4.51. The van der Waals surface area contributed by atoms with Crippen molar-refractivity contribution in [3.63, 3.8) is 0 Å². The fourth-order valence-corrected chi connectivity index (χ4v) is 3.75. The van der Waals surface area contributed by atoms with Crippen LogP contribution in [-0.2, 0) is 6.54 Å². The number of hydrogen-bond acceptors (Lipinski definition) is 4. The Balaban J connectivity index is 1.51. The van der Waals surface area contributed by atoms with Crippen molar-refractivity contribution in [1.82, 2.24) is 14.9 Å². The van der Waals surface area contributed by atoms with Gasteiger partial charge in [-0.05, 0) is 51.1 Å². The minimum atomic E-state index is 0.705. The minimum Gasteiger partial charge on any atom is -0.369 e. The second kappa shape index (κ2) is 6.08. The lowest BCUT2D eigenvalue weighted by Crippen LogP contribution is -2.38. The van der Waals surface area contributed by atoms with Crippen LogP contribution in [0.5, 0.6) is 0 Å². The van der Waals surface area contributed by atoms with Gasteiger partial charge in [0.15, 0.2) is 0 Å². The number of aromatic nitrogens is 2. The smallest absolute Gasteiger partial charge is 0.144 e. The molecule has 2 heterocycles. The average molecular weight is 274 g/mol. The molecule has 1 aliphatic carbocycles. The Bertz CT molecular complexity index is 413. The predicted octanol–water partition coefficient (Wildman–Crippen LogP) is 3.06. The van der Waals surface area contributed by atoms with Crippen molar-refractivity contribution in [1.29, 1.82) is 0 Å². The van der Waals surface area contributed by atoms with Crippen molar-refractivity contribution in [3.05, 3.63) is 18.1 Å². The summed E-state index contributed by atoms with van der Waals surface area (Å²) >= 11 is 0. The van der Waals surface area contributed by atoms with Crippen molar-refractivity contribution in [2.75, 3.05) is 25.0 Å². The molecule has 4 nitrogen and oxygen atoms in total.